The standard InChI is InChI=1S/C13H18N2O2S/c16-12(7-6-10-4-3-9-18-10)15-11-5-1-2-8-14-13(11)17/h3-4,9,11H,1-2,5-8H2,(H,14,17)(H,15,16)/t11-/m0/s1. The van der Waals surface area contributed by atoms with Gasteiger partial charge in [-0.15, -0.1) is 11.3 Å². The predicted octanol–water partition coefficient (Wildman–Crippen LogP) is 1.47. The molecule has 2 heterocycles. The molecule has 0 aromatic carbocycles. The van der Waals surface area contributed by atoms with Gasteiger partial charge in [-0.25, -0.2) is 0 Å². The topological polar surface area (TPSA) is 58.2 Å². The fourth-order valence-corrected chi connectivity index (χ4v) is 2.74. The molecule has 1 atom stereocenters. The van der Waals surface area contributed by atoms with Gasteiger partial charge < -0.3 is 10.6 Å². The van der Waals surface area contributed by atoms with Gasteiger partial charge in [-0.1, -0.05) is 6.07 Å². The molecule has 1 aromatic rings. The lowest BCUT2D eigenvalue weighted by Gasteiger charge is -2.14. The first-order valence-electron chi connectivity index (χ1n) is 6.35. The van der Waals surface area contributed by atoms with Gasteiger partial charge in [-0.2, -0.15) is 0 Å². The van der Waals surface area contributed by atoms with E-state index in [9.17, 15) is 9.59 Å². The second-order valence-electron chi connectivity index (χ2n) is 4.49. The van der Waals surface area contributed by atoms with Crippen LogP contribution in [0.4, 0.5) is 0 Å². The molecule has 2 amide bonds. The summed E-state index contributed by atoms with van der Waals surface area (Å²) in [5, 5.41) is 7.65. The molecule has 0 bridgehead atoms. The van der Waals surface area contributed by atoms with E-state index in [1.807, 2.05) is 17.5 Å². The number of hydrogen-bond acceptors (Lipinski definition) is 3. The Hall–Kier alpha value is -1.36. The average molecular weight is 266 g/mol. The smallest absolute Gasteiger partial charge is 0.242 e. The minimum Gasteiger partial charge on any atom is -0.354 e. The zero-order chi connectivity index (χ0) is 12.8. The van der Waals surface area contributed by atoms with Gasteiger partial charge in [0.25, 0.3) is 0 Å². The van der Waals surface area contributed by atoms with Crippen LogP contribution in [0.2, 0.25) is 0 Å². The van der Waals surface area contributed by atoms with Crippen LogP contribution < -0.4 is 10.6 Å². The SMILES string of the molecule is O=C(CCc1cccs1)N[C@H]1CCCCNC1=O. The van der Waals surface area contributed by atoms with Crippen LogP contribution in [0.25, 0.3) is 0 Å². The molecule has 4 nitrogen and oxygen atoms in total. The summed E-state index contributed by atoms with van der Waals surface area (Å²) in [5.74, 6) is -0.0811. The molecular weight excluding hydrogens is 248 g/mol. The van der Waals surface area contributed by atoms with E-state index in [1.165, 1.54) is 4.88 Å². The van der Waals surface area contributed by atoms with Gasteiger partial charge in [0.05, 0.1) is 0 Å². The minimum absolute atomic E-state index is 0.0366. The van der Waals surface area contributed by atoms with E-state index in [4.69, 9.17) is 0 Å². The van der Waals surface area contributed by atoms with Crippen LogP contribution in [0, 0.1) is 0 Å². The third-order valence-electron chi connectivity index (χ3n) is 3.05. The molecule has 5 heteroatoms. The molecule has 0 saturated carbocycles. The van der Waals surface area contributed by atoms with Crippen molar-refractivity contribution in [2.45, 2.75) is 38.1 Å². The number of carbonyl (C=O) groups excluding carboxylic acids is 2. The maximum atomic E-state index is 11.8. The largest absolute Gasteiger partial charge is 0.354 e. The molecular formula is C13H18N2O2S. The van der Waals surface area contributed by atoms with Crippen LogP contribution in [-0.2, 0) is 16.0 Å². The molecule has 1 saturated heterocycles. The van der Waals surface area contributed by atoms with Crippen LogP contribution in [0.1, 0.15) is 30.6 Å². The lowest BCUT2D eigenvalue weighted by molar-refractivity contribution is -0.128. The molecule has 98 valence electrons. The van der Waals surface area contributed by atoms with Gasteiger partial charge in [-0.05, 0) is 37.1 Å². The van der Waals surface area contributed by atoms with Crippen LogP contribution in [0.5, 0.6) is 0 Å². The molecule has 0 unspecified atom stereocenters. The number of carbonyl (C=O) groups is 2. The highest BCUT2D eigenvalue weighted by atomic mass is 32.1. The first-order chi connectivity index (χ1) is 8.75. The highest BCUT2D eigenvalue weighted by Crippen LogP contribution is 2.11. The summed E-state index contributed by atoms with van der Waals surface area (Å²) >= 11 is 1.66. The van der Waals surface area contributed by atoms with Gasteiger partial charge in [0.1, 0.15) is 6.04 Å². The zero-order valence-electron chi connectivity index (χ0n) is 10.3. The van der Waals surface area contributed by atoms with E-state index >= 15 is 0 Å². The van der Waals surface area contributed by atoms with Crippen LogP contribution in [-0.4, -0.2) is 24.4 Å². The molecule has 0 radical (unpaired) electrons. The van der Waals surface area contributed by atoms with Crippen molar-refractivity contribution in [1.82, 2.24) is 10.6 Å². The van der Waals surface area contributed by atoms with Gasteiger partial charge >= 0.3 is 0 Å². The number of aryl methyl sites for hydroxylation is 1. The Balaban J connectivity index is 1.77. The van der Waals surface area contributed by atoms with Crippen LogP contribution in [0.3, 0.4) is 0 Å². The summed E-state index contributed by atoms with van der Waals surface area (Å²) in [6, 6.07) is 3.66. The number of nitrogens with one attached hydrogen (secondary N) is 2. The van der Waals surface area contributed by atoms with E-state index in [-0.39, 0.29) is 17.9 Å². The van der Waals surface area contributed by atoms with Crippen molar-refractivity contribution in [2.24, 2.45) is 0 Å². The quantitative estimate of drug-likeness (QED) is 0.867. The van der Waals surface area contributed by atoms with Crippen molar-refractivity contribution < 1.29 is 9.59 Å². The van der Waals surface area contributed by atoms with Gasteiger partial charge in [0.2, 0.25) is 11.8 Å². The third-order valence-corrected chi connectivity index (χ3v) is 3.99. The second-order valence-corrected chi connectivity index (χ2v) is 5.52. The second kappa shape index (κ2) is 6.54. The highest BCUT2D eigenvalue weighted by Gasteiger charge is 2.21. The van der Waals surface area contributed by atoms with E-state index in [0.29, 0.717) is 6.42 Å². The predicted molar refractivity (Wildman–Crippen MR) is 71.4 cm³/mol. The summed E-state index contributed by atoms with van der Waals surface area (Å²) < 4.78 is 0. The Bertz CT molecular complexity index is 403. The Labute approximate surface area is 111 Å². The lowest BCUT2D eigenvalue weighted by Crippen LogP contribution is -2.45. The molecule has 18 heavy (non-hydrogen) atoms. The van der Waals surface area contributed by atoms with Crippen LogP contribution in [0.15, 0.2) is 17.5 Å². The van der Waals surface area contributed by atoms with Gasteiger partial charge in [-0.3, -0.25) is 9.59 Å². The minimum atomic E-state index is -0.344. The Morgan fingerprint density at radius 3 is 3.17 bits per heavy atom. The monoisotopic (exact) mass is 266 g/mol. The molecule has 1 aliphatic rings. The van der Waals surface area contributed by atoms with Gasteiger partial charge in [0, 0.05) is 17.8 Å². The fourth-order valence-electron chi connectivity index (χ4n) is 2.04. The Morgan fingerprint density at radius 2 is 2.39 bits per heavy atom. The molecule has 2 N–H and O–H groups in total. The molecule has 0 aliphatic carbocycles. The van der Waals surface area contributed by atoms with Crippen molar-refractivity contribution in [2.75, 3.05) is 6.54 Å². The zero-order valence-corrected chi connectivity index (χ0v) is 11.1. The normalized spacial score (nSPS) is 20.0. The van der Waals surface area contributed by atoms with Crippen molar-refractivity contribution >= 4 is 23.2 Å². The molecule has 0 spiro atoms. The summed E-state index contributed by atoms with van der Waals surface area (Å²) in [6.45, 7) is 0.723. The number of thiophene rings is 1. The molecule has 1 fully saturated rings. The summed E-state index contributed by atoms with van der Waals surface area (Å²) in [6.07, 6.45) is 3.92. The van der Waals surface area contributed by atoms with Crippen molar-refractivity contribution in [1.29, 1.82) is 0 Å². The Kier molecular flexibility index (Phi) is 4.75. The lowest BCUT2D eigenvalue weighted by atomic mass is 10.1. The Morgan fingerprint density at radius 1 is 1.50 bits per heavy atom. The number of rotatable bonds is 4. The summed E-state index contributed by atoms with van der Waals surface area (Å²) in [5.41, 5.74) is 0. The van der Waals surface area contributed by atoms with E-state index in [2.05, 4.69) is 10.6 Å². The summed E-state index contributed by atoms with van der Waals surface area (Å²) in [4.78, 5) is 24.6. The average Bonchev–Trinajstić information content (AvgIpc) is 2.80. The first kappa shape index (κ1) is 13.1. The summed E-state index contributed by atoms with van der Waals surface area (Å²) in [7, 11) is 0. The van der Waals surface area contributed by atoms with Crippen LogP contribution >= 0.6 is 11.3 Å². The maximum absolute atomic E-state index is 11.8. The fraction of sp³-hybridized carbons (Fsp3) is 0.538. The van der Waals surface area contributed by atoms with Crippen molar-refractivity contribution in [3.63, 3.8) is 0 Å². The first-order valence-corrected chi connectivity index (χ1v) is 7.23. The highest BCUT2D eigenvalue weighted by molar-refractivity contribution is 7.09. The van der Waals surface area contributed by atoms with Crippen molar-refractivity contribution in [3.8, 4) is 0 Å². The maximum Gasteiger partial charge on any atom is 0.242 e. The van der Waals surface area contributed by atoms with E-state index in [1.54, 1.807) is 11.3 Å². The molecule has 1 aromatic heterocycles. The van der Waals surface area contributed by atoms with Crippen molar-refractivity contribution in [3.05, 3.63) is 22.4 Å². The third kappa shape index (κ3) is 3.84. The van der Waals surface area contributed by atoms with E-state index in [0.717, 1.165) is 32.2 Å². The number of hydrogen-bond donors (Lipinski definition) is 2. The van der Waals surface area contributed by atoms with Gasteiger partial charge in [0.15, 0.2) is 0 Å². The molecule has 2 rings (SSSR count). The van der Waals surface area contributed by atoms with E-state index < -0.39 is 0 Å². The number of amides is 2. The molecule has 1 aliphatic heterocycles.